The van der Waals surface area contributed by atoms with Crippen molar-refractivity contribution in [2.75, 3.05) is 11.1 Å². The van der Waals surface area contributed by atoms with Gasteiger partial charge in [-0.3, -0.25) is 19.7 Å². The smallest absolute Gasteiger partial charge is 0.270 e. The molecule has 0 bridgehead atoms. The number of benzene rings is 2. The van der Waals surface area contributed by atoms with Crippen molar-refractivity contribution in [1.82, 2.24) is 25.1 Å². The molecule has 2 heterocycles. The van der Waals surface area contributed by atoms with Crippen LogP contribution in [0.3, 0.4) is 0 Å². The highest BCUT2D eigenvalue weighted by Gasteiger charge is 2.15. The number of thiazole rings is 1. The highest BCUT2D eigenvalue weighted by atomic mass is 32.2. The van der Waals surface area contributed by atoms with Crippen molar-refractivity contribution in [1.29, 1.82) is 0 Å². The molecule has 2 aromatic heterocycles. The molecule has 0 saturated carbocycles. The molecule has 0 unspecified atom stereocenters. The summed E-state index contributed by atoms with van der Waals surface area (Å²) < 4.78 is 1.67. The van der Waals surface area contributed by atoms with Gasteiger partial charge in [0.1, 0.15) is 0 Å². The Bertz CT molecular complexity index is 1370. The first-order valence-electron chi connectivity index (χ1n) is 10.2. The van der Waals surface area contributed by atoms with E-state index in [9.17, 15) is 19.7 Å². The number of aromatic nitrogens is 4. The summed E-state index contributed by atoms with van der Waals surface area (Å²) in [5.74, 6) is -0.123. The number of rotatable bonds is 9. The molecule has 4 aromatic rings. The molecular weight excluding hydrogens is 490 g/mol. The molecule has 11 nitrogen and oxygen atoms in total. The van der Waals surface area contributed by atoms with Crippen LogP contribution in [0.1, 0.15) is 16.2 Å². The maximum atomic E-state index is 12.4. The van der Waals surface area contributed by atoms with Gasteiger partial charge in [0, 0.05) is 35.7 Å². The Balaban J connectivity index is 1.29. The third kappa shape index (κ3) is 6.07. The lowest BCUT2D eigenvalue weighted by Crippen LogP contribution is -2.24. The molecule has 0 saturated heterocycles. The second kappa shape index (κ2) is 10.9. The van der Waals surface area contributed by atoms with Gasteiger partial charge >= 0.3 is 0 Å². The van der Waals surface area contributed by atoms with Crippen molar-refractivity contribution < 1.29 is 14.5 Å². The van der Waals surface area contributed by atoms with Crippen LogP contribution >= 0.6 is 23.1 Å². The van der Waals surface area contributed by atoms with E-state index < -0.39 is 10.8 Å². The lowest BCUT2D eigenvalue weighted by molar-refractivity contribution is -0.384. The first kappa shape index (κ1) is 24.0. The molecule has 0 aliphatic rings. The highest BCUT2D eigenvalue weighted by molar-refractivity contribution is 7.99. The third-order valence-corrected chi connectivity index (χ3v) is 6.58. The molecule has 2 aromatic carbocycles. The van der Waals surface area contributed by atoms with E-state index in [2.05, 4.69) is 25.8 Å². The fourth-order valence-electron chi connectivity index (χ4n) is 3.00. The van der Waals surface area contributed by atoms with Crippen LogP contribution in [-0.2, 0) is 18.4 Å². The third-order valence-electron chi connectivity index (χ3n) is 4.80. The van der Waals surface area contributed by atoms with E-state index in [1.807, 2.05) is 35.7 Å². The second-order valence-electron chi connectivity index (χ2n) is 7.19. The average Bonchev–Trinajstić information content (AvgIpc) is 3.48. The summed E-state index contributed by atoms with van der Waals surface area (Å²) in [6.45, 7) is 0.0686. The van der Waals surface area contributed by atoms with E-state index >= 15 is 0 Å². The van der Waals surface area contributed by atoms with Crippen molar-refractivity contribution in [2.24, 2.45) is 7.05 Å². The van der Waals surface area contributed by atoms with E-state index in [1.165, 1.54) is 47.4 Å². The number of carbonyl (C=O) groups is 2. The molecule has 0 atom stereocenters. The van der Waals surface area contributed by atoms with Gasteiger partial charge in [-0.15, -0.1) is 21.5 Å². The van der Waals surface area contributed by atoms with Crippen LogP contribution in [0.4, 0.5) is 10.8 Å². The Kier molecular flexibility index (Phi) is 7.48. The predicted molar refractivity (Wildman–Crippen MR) is 132 cm³/mol. The average molecular weight is 510 g/mol. The Hall–Kier alpha value is -4.10. The molecule has 0 spiro atoms. The minimum Gasteiger partial charge on any atom is -0.345 e. The summed E-state index contributed by atoms with van der Waals surface area (Å²) >= 11 is 2.55. The van der Waals surface area contributed by atoms with Crippen molar-refractivity contribution in [2.45, 2.75) is 11.7 Å². The number of carbonyl (C=O) groups excluding carboxylic acids is 2. The Labute approximate surface area is 207 Å². The first-order valence-corrected chi connectivity index (χ1v) is 12.1. The number of hydrogen-bond donors (Lipinski definition) is 2. The zero-order chi connectivity index (χ0) is 24.8. The van der Waals surface area contributed by atoms with Crippen molar-refractivity contribution >= 4 is 45.7 Å². The van der Waals surface area contributed by atoms with Gasteiger partial charge in [0.05, 0.1) is 22.9 Å². The summed E-state index contributed by atoms with van der Waals surface area (Å²) in [6, 6.07) is 15.2. The summed E-state index contributed by atoms with van der Waals surface area (Å²) in [4.78, 5) is 39.5. The number of hydrogen-bond acceptors (Lipinski definition) is 9. The maximum Gasteiger partial charge on any atom is 0.270 e. The standard InChI is InChI=1S/C22H19N7O4S2/c1-28-18(11-23-20(31)15-8-5-9-16(10-15)29(32)33)26-27-22(28)35-13-19(30)25-21-24-17(12-34-21)14-6-3-2-4-7-14/h2-10,12H,11,13H2,1H3,(H,23,31)(H,24,25,30). The Morgan fingerprint density at radius 1 is 1.14 bits per heavy atom. The monoisotopic (exact) mass is 509 g/mol. The topological polar surface area (TPSA) is 145 Å². The lowest BCUT2D eigenvalue weighted by Gasteiger charge is -2.06. The van der Waals surface area contributed by atoms with E-state index in [0.717, 1.165) is 11.3 Å². The molecule has 35 heavy (non-hydrogen) atoms. The number of nitrogens with zero attached hydrogens (tertiary/aromatic N) is 5. The zero-order valence-electron chi connectivity index (χ0n) is 18.4. The summed E-state index contributed by atoms with van der Waals surface area (Å²) in [5.41, 5.74) is 1.78. The molecule has 0 radical (unpaired) electrons. The van der Waals surface area contributed by atoms with Gasteiger partial charge in [0.25, 0.3) is 11.6 Å². The van der Waals surface area contributed by atoms with Crippen LogP contribution in [0.2, 0.25) is 0 Å². The summed E-state index contributed by atoms with van der Waals surface area (Å²) in [6.07, 6.45) is 0. The quantitative estimate of drug-likeness (QED) is 0.198. The number of nitrogens with one attached hydrogen (secondary N) is 2. The summed E-state index contributed by atoms with van der Waals surface area (Å²) in [5, 5.41) is 27.4. The van der Waals surface area contributed by atoms with Crippen molar-refractivity contribution in [3.8, 4) is 11.3 Å². The van der Waals surface area contributed by atoms with Crippen molar-refractivity contribution in [3.63, 3.8) is 0 Å². The molecule has 2 N–H and O–H groups in total. The van der Waals surface area contributed by atoms with Gasteiger partial charge in [-0.1, -0.05) is 48.2 Å². The molecule has 0 fully saturated rings. The zero-order valence-corrected chi connectivity index (χ0v) is 20.0. The number of nitro benzene ring substituents is 1. The van der Waals surface area contributed by atoms with Gasteiger partial charge in [-0.2, -0.15) is 0 Å². The second-order valence-corrected chi connectivity index (χ2v) is 8.99. The molecule has 178 valence electrons. The highest BCUT2D eigenvalue weighted by Crippen LogP contribution is 2.25. The first-order chi connectivity index (χ1) is 16.9. The number of thioether (sulfide) groups is 1. The van der Waals surface area contributed by atoms with Gasteiger partial charge < -0.3 is 15.2 Å². The number of amides is 2. The predicted octanol–water partition coefficient (Wildman–Crippen LogP) is 3.51. The van der Waals surface area contributed by atoms with E-state index in [0.29, 0.717) is 16.1 Å². The molecule has 2 amide bonds. The van der Waals surface area contributed by atoms with Crippen LogP contribution in [-0.4, -0.2) is 42.2 Å². The normalized spacial score (nSPS) is 10.7. The molecule has 4 rings (SSSR count). The minimum atomic E-state index is -0.560. The molecule has 0 aliphatic carbocycles. The van der Waals surface area contributed by atoms with Crippen LogP contribution in [0.15, 0.2) is 65.1 Å². The Morgan fingerprint density at radius 3 is 2.71 bits per heavy atom. The molecule has 0 aliphatic heterocycles. The summed E-state index contributed by atoms with van der Waals surface area (Å²) in [7, 11) is 1.72. The number of non-ortho nitro benzene ring substituents is 1. The van der Waals surface area contributed by atoms with Crippen molar-refractivity contribution in [3.05, 3.63) is 81.5 Å². The van der Waals surface area contributed by atoms with E-state index in [4.69, 9.17) is 0 Å². The lowest BCUT2D eigenvalue weighted by atomic mass is 10.2. The van der Waals surface area contributed by atoms with E-state index in [-0.39, 0.29) is 29.5 Å². The van der Waals surface area contributed by atoms with E-state index in [1.54, 1.807) is 11.6 Å². The van der Waals surface area contributed by atoms with Crippen LogP contribution in [0.25, 0.3) is 11.3 Å². The number of anilines is 1. The Morgan fingerprint density at radius 2 is 1.94 bits per heavy atom. The molecule has 13 heteroatoms. The van der Waals surface area contributed by atoms with Gasteiger partial charge in [0.2, 0.25) is 5.91 Å². The fraction of sp³-hybridized carbons (Fsp3) is 0.136. The SMILES string of the molecule is Cn1c(CNC(=O)c2cccc([N+](=O)[O-])c2)nnc1SCC(=O)Nc1nc(-c2ccccc2)cs1. The van der Waals surface area contributed by atoms with Crippen LogP contribution in [0, 0.1) is 10.1 Å². The van der Waals surface area contributed by atoms with Crippen LogP contribution in [0.5, 0.6) is 0 Å². The van der Waals surface area contributed by atoms with Crippen LogP contribution < -0.4 is 10.6 Å². The maximum absolute atomic E-state index is 12.4. The van der Waals surface area contributed by atoms with Gasteiger partial charge in [-0.25, -0.2) is 4.98 Å². The van der Waals surface area contributed by atoms with Gasteiger partial charge in [-0.05, 0) is 6.07 Å². The fourth-order valence-corrected chi connectivity index (χ4v) is 4.47. The van der Waals surface area contributed by atoms with Gasteiger partial charge in [0.15, 0.2) is 16.1 Å². The molecular formula is C22H19N7O4S2. The minimum absolute atomic E-state index is 0.0686. The largest absolute Gasteiger partial charge is 0.345 e. The number of nitro groups is 1.